The number of aromatic nitrogens is 3. The molecule has 4 unspecified atom stereocenters. The number of nitrogens with zero attached hydrogens (tertiary/aromatic N) is 3. The van der Waals surface area contributed by atoms with E-state index < -0.39 is 23.6 Å². The van der Waals surface area contributed by atoms with Gasteiger partial charge in [-0.1, -0.05) is 11.2 Å². The van der Waals surface area contributed by atoms with E-state index in [0.29, 0.717) is 11.5 Å². The largest absolute Gasteiger partial charge is 0.343 e. The summed E-state index contributed by atoms with van der Waals surface area (Å²) >= 11 is 6.07. The second kappa shape index (κ2) is 6.59. The first-order valence-electron chi connectivity index (χ1n) is 7.02. The first-order chi connectivity index (χ1) is 11.1. The van der Waals surface area contributed by atoms with E-state index in [1.165, 1.54) is 0 Å². The summed E-state index contributed by atoms with van der Waals surface area (Å²) in [5, 5.41) is 6.06. The molecule has 0 aromatic carbocycles. The Balaban J connectivity index is 1.66. The van der Waals surface area contributed by atoms with Crippen LogP contribution in [-0.2, 0) is 4.79 Å². The Morgan fingerprint density at radius 1 is 1.48 bits per heavy atom. The van der Waals surface area contributed by atoms with Gasteiger partial charge in [0.15, 0.2) is 0 Å². The molecule has 3 heterocycles. The van der Waals surface area contributed by atoms with Crippen molar-refractivity contribution >= 4 is 17.5 Å². The van der Waals surface area contributed by atoms with E-state index in [9.17, 15) is 4.79 Å². The number of halogens is 1. The molecule has 4 atom stereocenters. The van der Waals surface area contributed by atoms with E-state index in [2.05, 4.69) is 31.3 Å². The summed E-state index contributed by atoms with van der Waals surface area (Å²) in [6.07, 6.45) is 1.14. The predicted molar refractivity (Wildman–Crippen MR) is 81.8 cm³/mol. The molecule has 1 fully saturated rings. The summed E-state index contributed by atoms with van der Waals surface area (Å²) in [5.41, 5.74) is 11.7. The van der Waals surface area contributed by atoms with Gasteiger partial charge in [0.2, 0.25) is 17.6 Å². The van der Waals surface area contributed by atoms with Gasteiger partial charge in [0.05, 0.1) is 11.5 Å². The van der Waals surface area contributed by atoms with Crippen LogP contribution in [0.15, 0.2) is 28.9 Å². The minimum Gasteiger partial charge on any atom is -0.343 e. The Morgan fingerprint density at radius 3 is 2.96 bits per heavy atom. The number of nitrogens with two attached hydrogens (primary N) is 1. The fourth-order valence-electron chi connectivity index (χ4n) is 2.14. The maximum Gasteiger partial charge on any atom is 0.249 e. The molecule has 1 amide bonds. The molecule has 122 valence electrons. The first kappa shape index (κ1) is 15.8. The molecule has 5 N–H and O–H groups in total. The van der Waals surface area contributed by atoms with Crippen LogP contribution in [0.2, 0.25) is 0 Å². The van der Waals surface area contributed by atoms with Gasteiger partial charge in [0.1, 0.15) is 17.8 Å². The normalized spacial score (nSPS) is 25.3. The third kappa shape index (κ3) is 3.32. The molecule has 2 aromatic heterocycles. The predicted octanol–water partition coefficient (Wildman–Crippen LogP) is -0.323. The molecule has 0 aliphatic carbocycles. The second-order valence-electron chi connectivity index (χ2n) is 5.14. The average molecular weight is 338 g/mol. The molecule has 1 aliphatic rings. The topological polar surface area (TPSA) is 131 Å². The molecular weight excluding hydrogens is 322 g/mol. The highest BCUT2D eigenvalue weighted by atomic mass is 35.5. The van der Waals surface area contributed by atoms with Gasteiger partial charge in [-0.15, -0.1) is 11.6 Å². The number of hydrogen-bond donors (Lipinski definition) is 4. The minimum absolute atomic E-state index is 0.278. The molecule has 23 heavy (non-hydrogen) atoms. The van der Waals surface area contributed by atoms with Gasteiger partial charge in [-0.3, -0.25) is 9.78 Å². The third-order valence-corrected chi connectivity index (χ3v) is 3.94. The van der Waals surface area contributed by atoms with Crippen LogP contribution in [0.25, 0.3) is 11.5 Å². The minimum atomic E-state index is -0.646. The zero-order chi connectivity index (χ0) is 16.4. The highest BCUT2D eigenvalue weighted by Crippen LogP contribution is 2.17. The number of carbonyl (C=O) groups is 1. The third-order valence-electron chi connectivity index (χ3n) is 3.41. The highest BCUT2D eigenvalue weighted by molar-refractivity contribution is 6.23. The molecule has 0 bridgehead atoms. The first-order valence-corrected chi connectivity index (χ1v) is 7.46. The van der Waals surface area contributed by atoms with Crippen molar-refractivity contribution < 1.29 is 9.32 Å². The number of alkyl halides is 1. The van der Waals surface area contributed by atoms with E-state index in [-0.39, 0.29) is 11.8 Å². The van der Waals surface area contributed by atoms with Gasteiger partial charge in [-0.2, -0.15) is 4.98 Å². The monoisotopic (exact) mass is 337 g/mol. The zero-order valence-corrected chi connectivity index (χ0v) is 13.0. The zero-order valence-electron chi connectivity index (χ0n) is 12.2. The van der Waals surface area contributed by atoms with Gasteiger partial charge in [0, 0.05) is 6.20 Å². The lowest BCUT2D eigenvalue weighted by atomic mass is 10.2. The lowest BCUT2D eigenvalue weighted by Gasteiger charge is -2.16. The number of hydrazine groups is 1. The summed E-state index contributed by atoms with van der Waals surface area (Å²) in [4.78, 5) is 20.6. The summed E-state index contributed by atoms with van der Waals surface area (Å²) in [7, 11) is 0. The van der Waals surface area contributed by atoms with Crippen LogP contribution >= 0.6 is 11.6 Å². The van der Waals surface area contributed by atoms with Crippen molar-refractivity contribution in [3.05, 3.63) is 30.3 Å². The Kier molecular flexibility index (Phi) is 4.53. The number of rotatable bonds is 4. The van der Waals surface area contributed by atoms with Crippen LogP contribution < -0.4 is 21.9 Å². The van der Waals surface area contributed by atoms with E-state index in [0.717, 1.165) is 0 Å². The van der Waals surface area contributed by atoms with Crippen LogP contribution in [0.3, 0.4) is 0 Å². The molecular formula is C13H16ClN7O2. The number of nitrogens with one attached hydrogen (secondary N) is 3. The molecule has 1 saturated heterocycles. The Morgan fingerprint density at radius 2 is 2.30 bits per heavy atom. The van der Waals surface area contributed by atoms with Crippen molar-refractivity contribution in [2.45, 2.75) is 30.6 Å². The highest BCUT2D eigenvalue weighted by Gasteiger charge is 2.37. The van der Waals surface area contributed by atoms with Crippen LogP contribution in [-0.4, -0.2) is 38.6 Å². The van der Waals surface area contributed by atoms with E-state index >= 15 is 0 Å². The molecule has 0 spiro atoms. The summed E-state index contributed by atoms with van der Waals surface area (Å²) in [6.45, 7) is 1.74. The van der Waals surface area contributed by atoms with Crippen molar-refractivity contribution in [1.82, 2.24) is 31.3 Å². The molecule has 0 saturated carbocycles. The van der Waals surface area contributed by atoms with E-state index in [1.54, 1.807) is 25.3 Å². The average Bonchev–Trinajstić information content (AvgIpc) is 3.16. The van der Waals surface area contributed by atoms with Gasteiger partial charge < -0.3 is 15.6 Å². The van der Waals surface area contributed by atoms with Crippen molar-refractivity contribution in [1.29, 1.82) is 0 Å². The summed E-state index contributed by atoms with van der Waals surface area (Å²) < 4.78 is 5.18. The van der Waals surface area contributed by atoms with Crippen molar-refractivity contribution in [2.24, 2.45) is 5.73 Å². The molecule has 10 heteroatoms. The Bertz CT molecular complexity index is 680. The lowest BCUT2D eigenvalue weighted by molar-refractivity contribution is -0.123. The number of amides is 1. The van der Waals surface area contributed by atoms with Gasteiger partial charge >= 0.3 is 0 Å². The maximum atomic E-state index is 12.2. The van der Waals surface area contributed by atoms with Crippen LogP contribution in [0.4, 0.5) is 0 Å². The lowest BCUT2D eigenvalue weighted by Crippen LogP contribution is -2.46. The molecule has 9 nitrogen and oxygen atoms in total. The Labute approximate surface area is 137 Å². The molecule has 2 aromatic rings. The number of hydrogen-bond acceptors (Lipinski definition) is 8. The number of carbonyl (C=O) groups excluding carboxylic acids is 1. The quantitative estimate of drug-likeness (QED) is 0.558. The van der Waals surface area contributed by atoms with Crippen molar-refractivity contribution in [2.75, 3.05) is 0 Å². The van der Waals surface area contributed by atoms with Gasteiger partial charge in [-0.25, -0.2) is 10.9 Å². The SMILES string of the molecule is CC(NC(=O)C1NNC(N)C1Cl)c1nc(-c2ccccn2)no1. The molecule has 3 rings (SSSR count). The Hall–Kier alpha value is -2.07. The van der Waals surface area contributed by atoms with Gasteiger partial charge in [0.25, 0.3) is 0 Å². The molecule has 1 aliphatic heterocycles. The fourth-order valence-corrected chi connectivity index (χ4v) is 2.38. The summed E-state index contributed by atoms with van der Waals surface area (Å²) in [6, 6.07) is 4.27. The number of pyridine rings is 1. The van der Waals surface area contributed by atoms with Crippen molar-refractivity contribution in [3.8, 4) is 11.5 Å². The smallest absolute Gasteiger partial charge is 0.249 e. The van der Waals surface area contributed by atoms with Crippen molar-refractivity contribution in [3.63, 3.8) is 0 Å². The van der Waals surface area contributed by atoms with E-state index in [4.69, 9.17) is 21.9 Å². The van der Waals surface area contributed by atoms with Gasteiger partial charge in [-0.05, 0) is 19.1 Å². The standard InChI is InChI=1S/C13H16ClN7O2/c1-6(17-12(22)9-8(14)10(15)20-19-9)13-18-11(21-23-13)7-4-2-3-5-16-7/h2-6,8-10,19-20H,15H2,1H3,(H,17,22). The van der Waals surface area contributed by atoms with Crippen LogP contribution in [0.1, 0.15) is 18.9 Å². The van der Waals surface area contributed by atoms with E-state index in [1.807, 2.05) is 6.07 Å². The van der Waals surface area contributed by atoms with Crippen LogP contribution in [0, 0.1) is 0 Å². The van der Waals surface area contributed by atoms with Crippen LogP contribution in [0.5, 0.6) is 0 Å². The fraction of sp³-hybridized carbons (Fsp3) is 0.385. The molecule has 0 radical (unpaired) electrons. The second-order valence-corrected chi connectivity index (χ2v) is 5.64. The maximum absolute atomic E-state index is 12.2. The summed E-state index contributed by atoms with van der Waals surface area (Å²) in [5.74, 6) is 0.329.